The van der Waals surface area contributed by atoms with Crippen LogP contribution < -0.4 is 4.72 Å². The summed E-state index contributed by atoms with van der Waals surface area (Å²) in [4.78, 5) is 22.7. The predicted octanol–water partition coefficient (Wildman–Crippen LogP) is 1.48. The second-order valence-corrected chi connectivity index (χ2v) is 8.02. The van der Waals surface area contributed by atoms with Crippen LogP contribution in [0.2, 0.25) is 0 Å². The average Bonchev–Trinajstić information content (AvgIpc) is 2.84. The fourth-order valence-corrected chi connectivity index (χ4v) is 4.26. The number of benzene rings is 1. The maximum absolute atomic E-state index is 12.4. The third-order valence-electron chi connectivity index (χ3n) is 4.35. The van der Waals surface area contributed by atoms with E-state index in [1.807, 2.05) is 0 Å². The summed E-state index contributed by atoms with van der Waals surface area (Å²) in [5, 5.41) is 18.7. The molecule has 1 aliphatic carbocycles. The van der Waals surface area contributed by atoms with E-state index >= 15 is 0 Å². The van der Waals surface area contributed by atoms with Gasteiger partial charge in [0.1, 0.15) is 0 Å². The molecule has 0 heterocycles. The highest BCUT2D eigenvalue weighted by atomic mass is 32.2. The summed E-state index contributed by atoms with van der Waals surface area (Å²) in [6.07, 6.45) is 4.05. The molecule has 3 unspecified atom stereocenters. The summed E-state index contributed by atoms with van der Waals surface area (Å²) in [5.74, 6) is -1.73. The van der Waals surface area contributed by atoms with Gasteiger partial charge in [-0.15, -0.1) is 0 Å². The van der Waals surface area contributed by atoms with Gasteiger partial charge in [-0.1, -0.05) is 30.4 Å². The molecule has 1 saturated carbocycles. The van der Waals surface area contributed by atoms with Gasteiger partial charge in [0.25, 0.3) is 0 Å². The number of unbranched alkanes of at least 4 members (excludes halogenated alkanes) is 1. The molecule has 0 aromatic heterocycles. The number of carbonyl (C=O) groups excluding carboxylic acids is 1. The SMILES string of the molecule is O=C(O)CCC/C=C\CC1C(O)CC(=O)C1NS(=O)(=O)c1ccccc1. The topological polar surface area (TPSA) is 121 Å². The molecule has 0 saturated heterocycles. The highest BCUT2D eigenvalue weighted by Gasteiger charge is 2.42. The first-order chi connectivity index (χ1) is 12.3. The minimum absolute atomic E-state index is 0.0668. The average molecular weight is 381 g/mol. The Kier molecular flexibility index (Phi) is 7.07. The molecule has 3 N–H and O–H groups in total. The lowest BCUT2D eigenvalue weighted by Gasteiger charge is -2.20. The van der Waals surface area contributed by atoms with E-state index in [1.165, 1.54) is 12.1 Å². The van der Waals surface area contributed by atoms with Crippen LogP contribution >= 0.6 is 0 Å². The lowest BCUT2D eigenvalue weighted by atomic mass is 9.97. The van der Waals surface area contributed by atoms with Gasteiger partial charge in [0.15, 0.2) is 5.78 Å². The Labute approximate surface area is 152 Å². The number of ketones is 1. The normalized spacial score (nSPS) is 23.6. The van der Waals surface area contributed by atoms with Crippen molar-refractivity contribution in [2.45, 2.75) is 49.1 Å². The fraction of sp³-hybridized carbons (Fsp3) is 0.444. The van der Waals surface area contributed by atoms with Gasteiger partial charge in [0.05, 0.1) is 17.0 Å². The van der Waals surface area contributed by atoms with E-state index in [-0.39, 0.29) is 23.5 Å². The van der Waals surface area contributed by atoms with Gasteiger partial charge in [-0.3, -0.25) is 9.59 Å². The van der Waals surface area contributed by atoms with Crippen molar-refractivity contribution in [3.05, 3.63) is 42.5 Å². The second-order valence-electron chi connectivity index (χ2n) is 6.31. The van der Waals surface area contributed by atoms with Crippen LogP contribution in [0.25, 0.3) is 0 Å². The van der Waals surface area contributed by atoms with Crippen molar-refractivity contribution >= 4 is 21.8 Å². The quantitative estimate of drug-likeness (QED) is 0.440. The summed E-state index contributed by atoms with van der Waals surface area (Å²) in [7, 11) is -3.85. The first-order valence-electron chi connectivity index (χ1n) is 8.46. The Morgan fingerprint density at radius 3 is 2.58 bits per heavy atom. The highest BCUT2D eigenvalue weighted by Crippen LogP contribution is 2.28. The zero-order valence-electron chi connectivity index (χ0n) is 14.2. The third-order valence-corrected chi connectivity index (χ3v) is 5.81. The number of carboxylic acid groups (broad SMARTS) is 1. The number of carbonyl (C=O) groups is 2. The minimum atomic E-state index is -3.85. The molecule has 26 heavy (non-hydrogen) atoms. The van der Waals surface area contributed by atoms with E-state index in [0.29, 0.717) is 19.3 Å². The van der Waals surface area contributed by atoms with Crippen molar-refractivity contribution in [3.63, 3.8) is 0 Å². The molecular weight excluding hydrogens is 358 g/mol. The fourth-order valence-electron chi connectivity index (χ4n) is 2.97. The molecule has 1 aliphatic rings. The van der Waals surface area contributed by atoms with Crippen molar-refractivity contribution in [2.75, 3.05) is 0 Å². The van der Waals surface area contributed by atoms with Gasteiger partial charge < -0.3 is 10.2 Å². The van der Waals surface area contributed by atoms with Gasteiger partial charge in [-0.05, 0) is 31.4 Å². The Hall–Kier alpha value is -2.03. The molecular formula is C18H23NO6S. The standard InChI is InChI=1S/C18H23NO6S/c20-15-12-16(21)18(14(15)10-6-1-2-7-11-17(22)23)19-26(24,25)13-8-4-3-5-9-13/h1,3-6,8-9,14-15,18-20H,2,7,10-12H2,(H,22,23)/b6-1-. The molecule has 0 spiro atoms. The van der Waals surface area contributed by atoms with E-state index in [2.05, 4.69) is 4.72 Å². The molecule has 142 valence electrons. The smallest absolute Gasteiger partial charge is 0.303 e. The van der Waals surface area contributed by atoms with Crippen LogP contribution in [0.4, 0.5) is 0 Å². The van der Waals surface area contributed by atoms with E-state index in [4.69, 9.17) is 5.11 Å². The van der Waals surface area contributed by atoms with E-state index < -0.39 is 34.1 Å². The summed E-state index contributed by atoms with van der Waals surface area (Å²) in [5.41, 5.74) is 0. The van der Waals surface area contributed by atoms with Gasteiger partial charge in [0.2, 0.25) is 10.0 Å². The Morgan fingerprint density at radius 1 is 1.23 bits per heavy atom. The maximum Gasteiger partial charge on any atom is 0.303 e. The number of hydrogen-bond acceptors (Lipinski definition) is 5. The first kappa shape index (κ1) is 20.3. The number of rotatable bonds is 9. The summed E-state index contributed by atoms with van der Waals surface area (Å²) in [6.45, 7) is 0. The number of sulfonamides is 1. The van der Waals surface area contributed by atoms with Crippen molar-refractivity contribution in [1.29, 1.82) is 0 Å². The number of nitrogens with one attached hydrogen (secondary N) is 1. The first-order valence-corrected chi connectivity index (χ1v) is 9.94. The number of carboxylic acids is 1. The van der Waals surface area contributed by atoms with Crippen molar-refractivity contribution < 1.29 is 28.2 Å². The highest BCUT2D eigenvalue weighted by molar-refractivity contribution is 7.89. The van der Waals surface area contributed by atoms with Gasteiger partial charge >= 0.3 is 5.97 Å². The molecule has 7 nitrogen and oxygen atoms in total. The lowest BCUT2D eigenvalue weighted by molar-refractivity contribution is -0.137. The van der Waals surface area contributed by atoms with E-state index in [0.717, 1.165) is 0 Å². The summed E-state index contributed by atoms with van der Waals surface area (Å²) in [6, 6.07) is 6.79. The maximum atomic E-state index is 12.4. The van der Waals surface area contributed by atoms with Gasteiger partial charge in [-0.25, -0.2) is 13.1 Å². The van der Waals surface area contributed by atoms with Crippen LogP contribution in [-0.2, 0) is 19.6 Å². The summed E-state index contributed by atoms with van der Waals surface area (Å²) < 4.78 is 27.3. The van der Waals surface area contributed by atoms with Crippen LogP contribution in [0.5, 0.6) is 0 Å². The Bertz CT molecular complexity index is 759. The number of hydrogen-bond donors (Lipinski definition) is 3. The molecule has 0 amide bonds. The molecule has 0 radical (unpaired) electrons. The van der Waals surface area contributed by atoms with Crippen molar-refractivity contribution in [1.82, 2.24) is 4.72 Å². The molecule has 1 aromatic carbocycles. The number of Topliss-reactive ketones (excluding diaryl/α,β-unsaturated/α-hetero) is 1. The minimum Gasteiger partial charge on any atom is -0.481 e. The third kappa shape index (κ3) is 5.48. The largest absolute Gasteiger partial charge is 0.481 e. The van der Waals surface area contributed by atoms with Gasteiger partial charge in [-0.2, -0.15) is 0 Å². The zero-order chi connectivity index (χ0) is 19.2. The van der Waals surface area contributed by atoms with Crippen LogP contribution in [0.3, 0.4) is 0 Å². The molecule has 1 fully saturated rings. The van der Waals surface area contributed by atoms with Crippen LogP contribution in [0.1, 0.15) is 32.1 Å². The Balaban J connectivity index is 2.00. The van der Waals surface area contributed by atoms with Crippen LogP contribution in [0.15, 0.2) is 47.4 Å². The molecule has 8 heteroatoms. The molecule has 1 aromatic rings. The summed E-state index contributed by atoms with van der Waals surface area (Å²) >= 11 is 0. The number of aliphatic hydroxyl groups is 1. The molecule has 0 aliphatic heterocycles. The van der Waals surface area contributed by atoms with Crippen molar-refractivity contribution in [2.24, 2.45) is 5.92 Å². The lowest BCUT2D eigenvalue weighted by Crippen LogP contribution is -2.42. The molecule has 2 rings (SSSR count). The monoisotopic (exact) mass is 381 g/mol. The molecule has 0 bridgehead atoms. The number of aliphatic carboxylic acids is 1. The zero-order valence-corrected chi connectivity index (χ0v) is 15.1. The van der Waals surface area contributed by atoms with Gasteiger partial charge in [0, 0.05) is 18.8 Å². The predicted molar refractivity (Wildman–Crippen MR) is 94.9 cm³/mol. The number of aliphatic hydroxyl groups excluding tert-OH is 1. The van der Waals surface area contributed by atoms with E-state index in [9.17, 15) is 23.1 Å². The van der Waals surface area contributed by atoms with Crippen LogP contribution in [-0.4, -0.2) is 42.5 Å². The van der Waals surface area contributed by atoms with Crippen molar-refractivity contribution in [3.8, 4) is 0 Å². The number of allylic oxidation sites excluding steroid dienone is 2. The molecule has 3 atom stereocenters. The van der Waals surface area contributed by atoms with E-state index in [1.54, 1.807) is 30.4 Å². The second kappa shape index (κ2) is 9.07. The Morgan fingerprint density at radius 2 is 1.92 bits per heavy atom. The van der Waals surface area contributed by atoms with Crippen LogP contribution in [0, 0.1) is 5.92 Å².